The molecule has 0 bridgehead atoms. The standard InChI is InChI=1S/C33H45N7O3S/c1-5-17-34-25-7-6-8-28(35-25)44(42)38-30(41)23-9-10-26(36-29(23)39-21-22(2)20-31(39,3)4)40-18-11-27(37-40)43-19-12-24-32(13-14-32)33(24)15-16-33/h6-11,18,22,24,27,37H,5,12-17,19-21H2,1-4H3,(H,34,35)(H,38,41)/t22-,27?,44?/m0/s1. The molecule has 3 N–H and O–H groups in total. The normalized spacial score (nSPS) is 25.9. The average molecular weight is 620 g/mol. The molecule has 1 amide bonds. The number of nitrogens with zero attached hydrogens (tertiary/aromatic N) is 4. The Balaban J connectivity index is 1.05. The lowest BCUT2D eigenvalue weighted by Crippen LogP contribution is -2.41. The Morgan fingerprint density at radius 2 is 1.91 bits per heavy atom. The smallest absolute Gasteiger partial charge is 0.267 e. The number of carbonyl (C=O) groups is 1. The molecular weight excluding hydrogens is 574 g/mol. The number of hydrogen-bond acceptors (Lipinski definition) is 9. The first-order valence-corrected chi connectivity index (χ1v) is 17.4. The molecule has 7 rings (SSSR count). The summed E-state index contributed by atoms with van der Waals surface area (Å²) in [7, 11) is -1.83. The van der Waals surface area contributed by atoms with Crippen molar-refractivity contribution in [3.63, 3.8) is 0 Å². The summed E-state index contributed by atoms with van der Waals surface area (Å²) < 4.78 is 22.1. The first-order chi connectivity index (χ1) is 21.2. The largest absolute Gasteiger partial charge is 0.370 e. The van der Waals surface area contributed by atoms with Gasteiger partial charge in [-0.15, -0.1) is 0 Å². The second-order valence-corrected chi connectivity index (χ2v) is 15.2. The van der Waals surface area contributed by atoms with Crippen molar-refractivity contribution in [1.82, 2.24) is 20.1 Å². The van der Waals surface area contributed by atoms with Crippen LogP contribution in [0.5, 0.6) is 0 Å². The number of rotatable bonds is 12. The number of nitrogens with one attached hydrogen (secondary N) is 3. The van der Waals surface area contributed by atoms with Crippen molar-refractivity contribution in [2.45, 2.75) is 89.4 Å². The lowest BCUT2D eigenvalue weighted by molar-refractivity contribution is 0.0624. The van der Waals surface area contributed by atoms with Crippen LogP contribution in [-0.4, -0.2) is 51.5 Å². The molecule has 4 fully saturated rings. The molecule has 11 heteroatoms. The van der Waals surface area contributed by atoms with E-state index in [4.69, 9.17) is 9.72 Å². The SMILES string of the molecule is CCCNc1cccc(S(=O)NC(=O)c2ccc(N3C=CC(OCCC4C5(CC5)C45CC5)N3)nc2N2C[C@@H](C)CC2(C)C)n1. The molecule has 2 unspecified atom stereocenters. The first kappa shape index (κ1) is 29.7. The maximum Gasteiger partial charge on any atom is 0.267 e. The Bertz CT molecular complexity index is 1470. The molecule has 1 saturated heterocycles. The van der Waals surface area contributed by atoms with Crippen LogP contribution >= 0.6 is 0 Å². The number of pyridine rings is 2. The van der Waals surface area contributed by atoms with Gasteiger partial charge >= 0.3 is 0 Å². The second kappa shape index (κ2) is 11.1. The highest BCUT2D eigenvalue weighted by Crippen LogP contribution is 2.93. The summed E-state index contributed by atoms with van der Waals surface area (Å²) in [4.78, 5) is 25.3. The summed E-state index contributed by atoms with van der Waals surface area (Å²) in [5.74, 6) is 2.75. The predicted molar refractivity (Wildman–Crippen MR) is 172 cm³/mol. The third kappa shape index (κ3) is 5.30. The molecule has 2 aromatic rings. The average Bonchev–Trinajstić information content (AvgIpc) is 3.96. The highest BCUT2D eigenvalue weighted by molar-refractivity contribution is 7.83. The maximum absolute atomic E-state index is 13.6. The molecule has 3 saturated carbocycles. The highest BCUT2D eigenvalue weighted by atomic mass is 32.2. The summed E-state index contributed by atoms with van der Waals surface area (Å²) in [6.07, 6.45) is 12.5. The van der Waals surface area contributed by atoms with E-state index < -0.39 is 16.9 Å². The number of anilines is 3. The summed E-state index contributed by atoms with van der Waals surface area (Å²) in [5.41, 5.74) is 5.00. The van der Waals surface area contributed by atoms with E-state index >= 15 is 0 Å². The molecule has 3 aliphatic carbocycles. The van der Waals surface area contributed by atoms with Gasteiger partial charge in [0.1, 0.15) is 23.7 Å². The Morgan fingerprint density at radius 3 is 2.59 bits per heavy atom. The molecule has 2 aromatic heterocycles. The molecule has 5 aliphatic rings. The van der Waals surface area contributed by atoms with E-state index in [1.165, 1.54) is 25.7 Å². The first-order valence-electron chi connectivity index (χ1n) is 16.2. The molecule has 3 atom stereocenters. The van der Waals surface area contributed by atoms with Gasteiger partial charge in [0, 0.05) is 31.4 Å². The van der Waals surface area contributed by atoms with Gasteiger partial charge in [-0.2, -0.15) is 5.43 Å². The van der Waals surface area contributed by atoms with Crippen LogP contribution in [0.15, 0.2) is 47.6 Å². The summed E-state index contributed by atoms with van der Waals surface area (Å²) in [5, 5.41) is 5.35. The zero-order valence-electron chi connectivity index (χ0n) is 26.3. The summed E-state index contributed by atoms with van der Waals surface area (Å²) in [6, 6.07) is 8.86. The summed E-state index contributed by atoms with van der Waals surface area (Å²) in [6.45, 7) is 10.9. The molecule has 0 radical (unpaired) electrons. The van der Waals surface area contributed by atoms with Crippen LogP contribution in [-0.2, 0) is 15.7 Å². The van der Waals surface area contributed by atoms with Crippen molar-refractivity contribution >= 4 is 34.3 Å². The van der Waals surface area contributed by atoms with Gasteiger partial charge in [-0.1, -0.05) is 19.9 Å². The van der Waals surface area contributed by atoms with Crippen molar-refractivity contribution in [2.24, 2.45) is 22.7 Å². The third-order valence-electron chi connectivity index (χ3n) is 10.5. The number of hydrazine groups is 1. The minimum absolute atomic E-state index is 0.194. The highest BCUT2D eigenvalue weighted by Gasteiger charge is 2.85. The topological polar surface area (TPSA) is 112 Å². The molecular formula is C33H45N7O3S. The van der Waals surface area contributed by atoms with E-state index in [0.29, 0.717) is 44.8 Å². The quantitative estimate of drug-likeness (QED) is 0.298. The lowest BCUT2D eigenvalue weighted by atomic mass is 9.97. The molecule has 2 aliphatic heterocycles. The van der Waals surface area contributed by atoms with Gasteiger partial charge in [0.15, 0.2) is 16.0 Å². The van der Waals surface area contributed by atoms with Crippen molar-refractivity contribution in [2.75, 3.05) is 34.9 Å². The Morgan fingerprint density at radius 1 is 1.14 bits per heavy atom. The molecule has 4 heterocycles. The van der Waals surface area contributed by atoms with E-state index in [0.717, 1.165) is 44.9 Å². The summed E-state index contributed by atoms with van der Waals surface area (Å²) >= 11 is 0. The van der Waals surface area contributed by atoms with Crippen molar-refractivity contribution in [3.8, 4) is 0 Å². The van der Waals surface area contributed by atoms with Crippen LogP contribution in [0.25, 0.3) is 0 Å². The fourth-order valence-electron chi connectivity index (χ4n) is 8.27. The van der Waals surface area contributed by atoms with Crippen LogP contribution < -0.4 is 25.4 Å². The van der Waals surface area contributed by atoms with E-state index in [2.05, 4.69) is 53.0 Å². The zero-order valence-corrected chi connectivity index (χ0v) is 27.1. The Hall–Kier alpha value is -3.02. The van der Waals surface area contributed by atoms with Gasteiger partial charge in [-0.05, 0) is 112 Å². The van der Waals surface area contributed by atoms with Crippen LogP contribution in [0.4, 0.5) is 17.5 Å². The fraction of sp³-hybridized carbons (Fsp3) is 0.606. The Labute approximate surface area is 263 Å². The van der Waals surface area contributed by atoms with E-state index in [1.54, 1.807) is 18.2 Å². The number of hydrogen-bond donors (Lipinski definition) is 3. The second-order valence-electron chi connectivity index (χ2n) is 14.0. The number of amides is 1. The van der Waals surface area contributed by atoms with E-state index in [9.17, 15) is 9.00 Å². The van der Waals surface area contributed by atoms with Gasteiger partial charge in [0.25, 0.3) is 5.91 Å². The lowest BCUT2D eigenvalue weighted by Gasteiger charge is -2.34. The number of aromatic nitrogens is 2. The minimum atomic E-state index is -1.83. The van der Waals surface area contributed by atoms with Crippen LogP contribution in [0, 0.1) is 22.7 Å². The zero-order chi connectivity index (χ0) is 30.7. The van der Waals surface area contributed by atoms with Crippen LogP contribution in [0.3, 0.4) is 0 Å². The number of ether oxygens (including phenoxy) is 1. The van der Waals surface area contributed by atoms with E-state index in [-0.39, 0.29) is 11.8 Å². The van der Waals surface area contributed by atoms with Crippen LogP contribution in [0.1, 0.15) is 83.0 Å². The number of fused-ring (bicyclic) bond motifs is 1. The molecule has 44 heavy (non-hydrogen) atoms. The number of carbonyl (C=O) groups excluding carboxylic acids is 1. The molecule has 0 aromatic carbocycles. The van der Waals surface area contributed by atoms with Gasteiger partial charge < -0.3 is 15.0 Å². The fourth-order valence-corrected chi connectivity index (χ4v) is 9.03. The van der Waals surface area contributed by atoms with Crippen molar-refractivity contribution in [1.29, 1.82) is 0 Å². The van der Waals surface area contributed by atoms with Gasteiger partial charge in [-0.25, -0.2) is 14.2 Å². The predicted octanol–water partition coefficient (Wildman–Crippen LogP) is 5.14. The van der Waals surface area contributed by atoms with Gasteiger partial charge in [0.05, 0.1) is 5.56 Å². The third-order valence-corrected chi connectivity index (χ3v) is 11.5. The molecule has 236 valence electrons. The van der Waals surface area contributed by atoms with Crippen LogP contribution in [0.2, 0.25) is 0 Å². The van der Waals surface area contributed by atoms with Gasteiger partial charge in [0.2, 0.25) is 0 Å². The monoisotopic (exact) mass is 619 g/mol. The molecule has 2 spiro atoms. The minimum Gasteiger partial charge on any atom is -0.370 e. The van der Waals surface area contributed by atoms with Crippen molar-refractivity contribution in [3.05, 3.63) is 48.2 Å². The van der Waals surface area contributed by atoms with Gasteiger partial charge in [-0.3, -0.25) is 14.5 Å². The van der Waals surface area contributed by atoms with Crippen molar-refractivity contribution < 1.29 is 13.7 Å². The Kier molecular flexibility index (Phi) is 7.49. The maximum atomic E-state index is 13.6. The molecule has 10 nitrogen and oxygen atoms in total. The van der Waals surface area contributed by atoms with E-state index in [1.807, 2.05) is 29.4 Å².